The molecule has 0 aromatic heterocycles. The SMILES string of the molecule is C[C@@]1(C(=O)O)OC2(CCCC2)O[C@H]1c1ccccc1F. The third-order valence-corrected chi connectivity index (χ3v) is 4.21. The Hall–Kier alpha value is -1.46. The minimum atomic E-state index is -1.56. The number of hydrogen-bond acceptors (Lipinski definition) is 3. The van der Waals surface area contributed by atoms with Crippen molar-refractivity contribution in [1.29, 1.82) is 0 Å². The number of rotatable bonds is 2. The number of ether oxygens (including phenoxy) is 2. The molecule has 5 heteroatoms. The van der Waals surface area contributed by atoms with Crippen molar-refractivity contribution in [3.8, 4) is 0 Å². The fourth-order valence-corrected chi connectivity index (χ4v) is 3.13. The molecule has 1 aromatic carbocycles. The summed E-state index contributed by atoms with van der Waals surface area (Å²) in [6, 6.07) is 6.10. The molecule has 1 heterocycles. The lowest BCUT2D eigenvalue weighted by atomic mass is 9.93. The van der Waals surface area contributed by atoms with Crippen molar-refractivity contribution in [3.63, 3.8) is 0 Å². The van der Waals surface area contributed by atoms with Gasteiger partial charge in [-0.2, -0.15) is 0 Å². The van der Waals surface area contributed by atoms with E-state index in [1.165, 1.54) is 13.0 Å². The van der Waals surface area contributed by atoms with Gasteiger partial charge in [-0.1, -0.05) is 18.2 Å². The van der Waals surface area contributed by atoms with Crippen LogP contribution in [0.3, 0.4) is 0 Å². The summed E-state index contributed by atoms with van der Waals surface area (Å²) in [7, 11) is 0. The van der Waals surface area contributed by atoms with Crippen LogP contribution in [0, 0.1) is 5.82 Å². The zero-order chi connectivity index (χ0) is 14.4. The average Bonchev–Trinajstić information content (AvgIpc) is 2.97. The first kappa shape index (κ1) is 13.5. The Bertz CT molecular complexity index is 538. The molecular formula is C15H17FO4. The number of carboxylic acids is 1. The molecule has 0 radical (unpaired) electrons. The number of aliphatic carboxylic acids is 1. The lowest BCUT2D eigenvalue weighted by Gasteiger charge is -2.25. The third-order valence-electron chi connectivity index (χ3n) is 4.21. The Kier molecular flexibility index (Phi) is 3.06. The average molecular weight is 280 g/mol. The molecule has 0 unspecified atom stereocenters. The number of carboxylic acid groups (broad SMARTS) is 1. The van der Waals surface area contributed by atoms with Crippen molar-refractivity contribution in [2.75, 3.05) is 0 Å². The Morgan fingerprint density at radius 3 is 2.60 bits per heavy atom. The fourth-order valence-electron chi connectivity index (χ4n) is 3.13. The zero-order valence-electron chi connectivity index (χ0n) is 11.3. The van der Waals surface area contributed by atoms with Crippen LogP contribution in [0.5, 0.6) is 0 Å². The highest BCUT2D eigenvalue weighted by Gasteiger charge is 2.60. The maximum atomic E-state index is 14.0. The van der Waals surface area contributed by atoms with Gasteiger partial charge in [-0.3, -0.25) is 0 Å². The maximum absolute atomic E-state index is 14.0. The molecule has 1 spiro atoms. The van der Waals surface area contributed by atoms with Crippen molar-refractivity contribution in [3.05, 3.63) is 35.6 Å². The Morgan fingerprint density at radius 1 is 1.35 bits per heavy atom. The van der Waals surface area contributed by atoms with E-state index in [2.05, 4.69) is 0 Å². The molecule has 2 atom stereocenters. The molecule has 20 heavy (non-hydrogen) atoms. The molecule has 0 bridgehead atoms. The third kappa shape index (κ3) is 1.93. The van der Waals surface area contributed by atoms with Crippen LogP contribution < -0.4 is 0 Å². The first-order valence-corrected chi connectivity index (χ1v) is 6.83. The standard InChI is InChI=1S/C15H17FO4/c1-14(13(17)18)12(10-6-2-3-7-11(10)16)19-15(20-14)8-4-5-9-15/h2-3,6-7,12H,4-5,8-9H2,1H3,(H,17,18)/t12-,14+/m0/s1. The number of hydrogen-bond donors (Lipinski definition) is 1. The van der Waals surface area contributed by atoms with Crippen LogP contribution in [0.25, 0.3) is 0 Å². The molecular weight excluding hydrogens is 263 g/mol. The highest BCUT2D eigenvalue weighted by molar-refractivity contribution is 5.78. The predicted octanol–water partition coefficient (Wildman–Crippen LogP) is 3.03. The highest BCUT2D eigenvalue weighted by Crippen LogP contribution is 2.52. The van der Waals surface area contributed by atoms with Gasteiger partial charge in [0.15, 0.2) is 11.4 Å². The Labute approximate surface area is 116 Å². The van der Waals surface area contributed by atoms with E-state index in [9.17, 15) is 14.3 Å². The van der Waals surface area contributed by atoms with Crippen LogP contribution in [-0.4, -0.2) is 22.5 Å². The van der Waals surface area contributed by atoms with Gasteiger partial charge in [0.25, 0.3) is 0 Å². The molecule has 1 saturated heterocycles. The maximum Gasteiger partial charge on any atom is 0.338 e. The predicted molar refractivity (Wildman–Crippen MR) is 68.6 cm³/mol. The van der Waals surface area contributed by atoms with Gasteiger partial charge in [-0.25, -0.2) is 9.18 Å². The first-order valence-electron chi connectivity index (χ1n) is 6.83. The van der Waals surface area contributed by atoms with Gasteiger partial charge in [0.1, 0.15) is 11.9 Å². The smallest absolute Gasteiger partial charge is 0.338 e. The molecule has 1 aliphatic heterocycles. The van der Waals surface area contributed by atoms with Crippen LogP contribution in [0.15, 0.2) is 24.3 Å². The summed E-state index contributed by atoms with van der Waals surface area (Å²) in [5.74, 6) is -2.47. The van der Waals surface area contributed by atoms with Crippen LogP contribution in [0.2, 0.25) is 0 Å². The minimum absolute atomic E-state index is 0.237. The van der Waals surface area contributed by atoms with Gasteiger partial charge in [0, 0.05) is 18.4 Å². The van der Waals surface area contributed by atoms with E-state index in [0.717, 1.165) is 12.8 Å². The molecule has 1 aromatic rings. The van der Waals surface area contributed by atoms with Crippen LogP contribution in [0.1, 0.15) is 44.3 Å². The topological polar surface area (TPSA) is 55.8 Å². The van der Waals surface area contributed by atoms with E-state index >= 15 is 0 Å². The van der Waals surface area contributed by atoms with Crippen LogP contribution in [0.4, 0.5) is 4.39 Å². The van der Waals surface area contributed by atoms with E-state index in [4.69, 9.17) is 9.47 Å². The highest BCUT2D eigenvalue weighted by atomic mass is 19.1. The second kappa shape index (κ2) is 4.53. The summed E-state index contributed by atoms with van der Waals surface area (Å²) in [5.41, 5.74) is -1.33. The van der Waals surface area contributed by atoms with Gasteiger partial charge in [0.05, 0.1) is 0 Å². The van der Waals surface area contributed by atoms with Crippen LogP contribution >= 0.6 is 0 Å². The van der Waals surface area contributed by atoms with Gasteiger partial charge in [0.2, 0.25) is 0 Å². The van der Waals surface area contributed by atoms with Gasteiger partial charge in [-0.05, 0) is 25.8 Å². The van der Waals surface area contributed by atoms with Gasteiger partial charge in [-0.15, -0.1) is 0 Å². The molecule has 2 aliphatic rings. The second-order valence-electron chi connectivity index (χ2n) is 5.65. The number of carbonyl (C=O) groups is 1. The summed E-state index contributed by atoms with van der Waals surface area (Å²) in [4.78, 5) is 11.6. The van der Waals surface area contributed by atoms with Crippen LogP contribution in [-0.2, 0) is 14.3 Å². The minimum Gasteiger partial charge on any atom is -0.479 e. The molecule has 0 amide bonds. The largest absolute Gasteiger partial charge is 0.479 e. The summed E-state index contributed by atoms with van der Waals surface area (Å²) in [5, 5.41) is 9.51. The Balaban J connectivity index is 2.03. The van der Waals surface area contributed by atoms with Gasteiger partial charge >= 0.3 is 5.97 Å². The molecule has 108 valence electrons. The number of benzene rings is 1. The van der Waals surface area contributed by atoms with Crippen molar-refractivity contribution >= 4 is 5.97 Å². The zero-order valence-corrected chi connectivity index (χ0v) is 11.3. The molecule has 3 rings (SSSR count). The van der Waals surface area contributed by atoms with E-state index < -0.39 is 29.3 Å². The van der Waals surface area contributed by atoms with E-state index in [1.807, 2.05) is 0 Å². The Morgan fingerprint density at radius 2 is 2.00 bits per heavy atom. The lowest BCUT2D eigenvalue weighted by molar-refractivity contribution is -0.194. The van der Waals surface area contributed by atoms with Gasteiger partial charge < -0.3 is 14.6 Å². The van der Waals surface area contributed by atoms with Crippen molar-refractivity contribution in [1.82, 2.24) is 0 Å². The summed E-state index contributed by atoms with van der Waals surface area (Å²) >= 11 is 0. The molecule has 4 nitrogen and oxygen atoms in total. The monoisotopic (exact) mass is 280 g/mol. The fraction of sp³-hybridized carbons (Fsp3) is 0.533. The molecule has 1 saturated carbocycles. The van der Waals surface area contributed by atoms with E-state index in [-0.39, 0.29) is 5.56 Å². The molecule has 1 aliphatic carbocycles. The van der Waals surface area contributed by atoms with E-state index in [0.29, 0.717) is 12.8 Å². The van der Waals surface area contributed by atoms with Crippen molar-refractivity contribution in [2.45, 2.75) is 50.1 Å². The number of halogens is 1. The summed E-state index contributed by atoms with van der Waals surface area (Å²) < 4.78 is 25.7. The quantitative estimate of drug-likeness (QED) is 0.904. The molecule has 2 fully saturated rings. The van der Waals surface area contributed by atoms with Crippen molar-refractivity contribution in [2.24, 2.45) is 0 Å². The summed E-state index contributed by atoms with van der Waals surface area (Å²) in [6.07, 6.45) is 2.24. The molecule has 1 N–H and O–H groups in total. The normalized spacial score (nSPS) is 31.8. The first-order chi connectivity index (χ1) is 9.47. The second-order valence-corrected chi connectivity index (χ2v) is 5.65. The summed E-state index contributed by atoms with van der Waals surface area (Å²) in [6.45, 7) is 1.46. The lowest BCUT2D eigenvalue weighted by Crippen LogP contribution is -2.41. The van der Waals surface area contributed by atoms with E-state index in [1.54, 1.807) is 18.2 Å². The van der Waals surface area contributed by atoms with Crippen molar-refractivity contribution < 1.29 is 23.8 Å².